The van der Waals surface area contributed by atoms with Gasteiger partial charge < -0.3 is 5.32 Å². The summed E-state index contributed by atoms with van der Waals surface area (Å²) in [5.74, 6) is -0.814. The summed E-state index contributed by atoms with van der Waals surface area (Å²) in [6.45, 7) is 1.74. The van der Waals surface area contributed by atoms with Crippen LogP contribution in [0.15, 0.2) is 83.8 Å². The Labute approximate surface area is 176 Å². The van der Waals surface area contributed by atoms with E-state index in [9.17, 15) is 17.6 Å². The summed E-state index contributed by atoms with van der Waals surface area (Å²) in [6, 6.07) is 20.9. The van der Waals surface area contributed by atoms with E-state index in [4.69, 9.17) is 0 Å². The number of benzene rings is 3. The van der Waals surface area contributed by atoms with Gasteiger partial charge in [-0.05, 0) is 47.9 Å². The first-order valence-corrected chi connectivity index (χ1v) is 11.0. The van der Waals surface area contributed by atoms with Crippen molar-refractivity contribution in [3.63, 3.8) is 0 Å². The van der Waals surface area contributed by atoms with Gasteiger partial charge >= 0.3 is 0 Å². The maximum atomic E-state index is 13.4. The molecule has 1 N–H and O–H groups in total. The molecule has 5 nitrogen and oxygen atoms in total. The van der Waals surface area contributed by atoms with Gasteiger partial charge in [-0.15, -0.1) is 0 Å². The summed E-state index contributed by atoms with van der Waals surface area (Å²) in [7, 11) is -3.95. The fourth-order valence-corrected chi connectivity index (χ4v) is 4.54. The van der Waals surface area contributed by atoms with Crippen molar-refractivity contribution in [2.75, 3.05) is 10.8 Å². The van der Waals surface area contributed by atoms with E-state index >= 15 is 0 Å². The zero-order valence-corrected chi connectivity index (χ0v) is 17.4. The highest BCUT2D eigenvalue weighted by Gasteiger charge is 2.28. The van der Waals surface area contributed by atoms with Crippen LogP contribution in [0.4, 0.5) is 10.1 Å². The Morgan fingerprint density at radius 2 is 1.57 bits per heavy atom. The molecule has 7 heteroatoms. The van der Waals surface area contributed by atoms with Crippen molar-refractivity contribution >= 4 is 21.6 Å². The lowest BCUT2D eigenvalue weighted by Gasteiger charge is -2.26. The van der Waals surface area contributed by atoms with Crippen LogP contribution in [0.5, 0.6) is 0 Å². The molecule has 30 heavy (non-hydrogen) atoms. The lowest BCUT2D eigenvalue weighted by molar-refractivity contribution is -0.119. The van der Waals surface area contributed by atoms with E-state index in [-0.39, 0.29) is 23.8 Å². The van der Waals surface area contributed by atoms with Crippen LogP contribution in [0.1, 0.15) is 18.1 Å². The second-order valence-corrected chi connectivity index (χ2v) is 8.57. The Morgan fingerprint density at radius 1 is 0.933 bits per heavy atom. The number of nitrogens with zero attached hydrogens (tertiary/aromatic N) is 1. The van der Waals surface area contributed by atoms with Gasteiger partial charge in [-0.2, -0.15) is 0 Å². The van der Waals surface area contributed by atoms with Gasteiger partial charge in [0.1, 0.15) is 12.4 Å². The fourth-order valence-electron chi connectivity index (χ4n) is 3.06. The predicted octanol–water partition coefficient (Wildman–Crippen LogP) is 3.90. The van der Waals surface area contributed by atoms with Crippen LogP contribution in [0.25, 0.3) is 0 Å². The van der Waals surface area contributed by atoms with E-state index in [0.717, 1.165) is 15.4 Å². The monoisotopic (exact) mass is 426 g/mol. The zero-order chi connectivity index (χ0) is 21.6. The standard InChI is InChI=1S/C23H23FN2O3S/c1-2-19-8-6-7-11-22(19)26(30(28,29)21-9-4-3-5-10-21)17-23(27)25-16-18-12-14-20(24)15-13-18/h3-15H,2,16-17H2,1H3,(H,25,27). The minimum atomic E-state index is -3.95. The van der Waals surface area contributed by atoms with Crippen LogP contribution in [0.3, 0.4) is 0 Å². The zero-order valence-electron chi connectivity index (χ0n) is 16.6. The Hall–Kier alpha value is -3.19. The SMILES string of the molecule is CCc1ccccc1N(CC(=O)NCc1ccc(F)cc1)S(=O)(=O)c1ccccc1. The third-order valence-electron chi connectivity index (χ3n) is 4.66. The Morgan fingerprint density at radius 3 is 2.23 bits per heavy atom. The number of aryl methyl sites for hydroxylation is 1. The van der Waals surface area contributed by atoms with Crippen molar-refractivity contribution in [1.29, 1.82) is 0 Å². The molecule has 3 rings (SSSR count). The van der Waals surface area contributed by atoms with Gasteiger partial charge in [0.15, 0.2) is 0 Å². The third kappa shape index (κ3) is 5.04. The summed E-state index contributed by atoms with van der Waals surface area (Å²) in [5, 5.41) is 2.71. The third-order valence-corrected chi connectivity index (χ3v) is 6.44. The summed E-state index contributed by atoms with van der Waals surface area (Å²) in [4.78, 5) is 12.8. The topological polar surface area (TPSA) is 66.5 Å². The Balaban J connectivity index is 1.88. The van der Waals surface area contributed by atoms with E-state index in [2.05, 4.69) is 5.32 Å². The van der Waals surface area contributed by atoms with Gasteiger partial charge in [-0.1, -0.05) is 55.5 Å². The highest BCUT2D eigenvalue weighted by molar-refractivity contribution is 7.92. The predicted molar refractivity (Wildman–Crippen MR) is 115 cm³/mol. The number of rotatable bonds is 8. The van der Waals surface area contributed by atoms with Gasteiger partial charge in [0, 0.05) is 6.54 Å². The molecule has 0 saturated heterocycles. The number of anilines is 1. The first-order chi connectivity index (χ1) is 14.4. The summed E-state index contributed by atoms with van der Waals surface area (Å²) >= 11 is 0. The molecule has 0 unspecified atom stereocenters. The average molecular weight is 427 g/mol. The lowest BCUT2D eigenvalue weighted by Crippen LogP contribution is -2.41. The molecule has 3 aromatic rings. The number of amides is 1. The van der Waals surface area contributed by atoms with Gasteiger partial charge in [-0.25, -0.2) is 12.8 Å². The first kappa shape index (κ1) is 21.5. The van der Waals surface area contributed by atoms with Crippen molar-refractivity contribution in [3.8, 4) is 0 Å². The van der Waals surface area contributed by atoms with Crippen molar-refractivity contribution in [2.45, 2.75) is 24.8 Å². The fraction of sp³-hybridized carbons (Fsp3) is 0.174. The molecule has 0 aliphatic rings. The molecule has 0 atom stereocenters. The minimum Gasteiger partial charge on any atom is -0.350 e. The van der Waals surface area contributed by atoms with Crippen LogP contribution >= 0.6 is 0 Å². The molecular formula is C23H23FN2O3S. The normalized spacial score (nSPS) is 11.1. The van der Waals surface area contributed by atoms with Crippen LogP contribution in [0.2, 0.25) is 0 Å². The molecule has 0 heterocycles. The Kier molecular flexibility index (Phi) is 6.84. The van der Waals surface area contributed by atoms with E-state index < -0.39 is 15.9 Å². The quantitative estimate of drug-likeness (QED) is 0.594. The van der Waals surface area contributed by atoms with Crippen molar-refractivity contribution in [1.82, 2.24) is 5.32 Å². The van der Waals surface area contributed by atoms with Gasteiger partial charge in [0.2, 0.25) is 5.91 Å². The number of sulfonamides is 1. The average Bonchev–Trinajstić information content (AvgIpc) is 2.77. The maximum Gasteiger partial charge on any atom is 0.264 e. The molecule has 156 valence electrons. The molecule has 0 aromatic heterocycles. The van der Waals surface area contributed by atoms with Crippen molar-refractivity contribution in [2.24, 2.45) is 0 Å². The minimum absolute atomic E-state index is 0.113. The summed E-state index contributed by atoms with van der Waals surface area (Å²) < 4.78 is 40.9. The summed E-state index contributed by atoms with van der Waals surface area (Å²) in [5.41, 5.74) is 2.01. The van der Waals surface area contributed by atoms with Crippen LogP contribution in [-0.4, -0.2) is 20.9 Å². The number of halogens is 1. The molecule has 0 aliphatic heterocycles. The molecule has 0 aliphatic carbocycles. The van der Waals surface area contributed by atoms with E-state index in [1.165, 1.54) is 24.3 Å². The van der Waals surface area contributed by atoms with E-state index in [0.29, 0.717) is 12.1 Å². The number of para-hydroxylation sites is 1. The van der Waals surface area contributed by atoms with Crippen molar-refractivity contribution in [3.05, 3.63) is 95.8 Å². The largest absolute Gasteiger partial charge is 0.350 e. The number of hydrogen-bond donors (Lipinski definition) is 1. The maximum absolute atomic E-state index is 13.4. The first-order valence-electron chi connectivity index (χ1n) is 9.58. The number of hydrogen-bond acceptors (Lipinski definition) is 3. The number of carbonyl (C=O) groups is 1. The molecule has 0 saturated carbocycles. The molecule has 0 spiro atoms. The van der Waals surface area contributed by atoms with Gasteiger partial charge in [-0.3, -0.25) is 9.10 Å². The van der Waals surface area contributed by atoms with E-state index in [1.54, 1.807) is 42.5 Å². The van der Waals surface area contributed by atoms with Crippen LogP contribution in [-0.2, 0) is 27.8 Å². The van der Waals surface area contributed by atoms with Crippen molar-refractivity contribution < 1.29 is 17.6 Å². The second kappa shape index (κ2) is 9.54. The Bertz CT molecular complexity index is 1100. The van der Waals surface area contributed by atoms with E-state index in [1.807, 2.05) is 19.1 Å². The molecule has 0 bridgehead atoms. The van der Waals surface area contributed by atoms with Gasteiger partial charge in [0.05, 0.1) is 10.6 Å². The highest BCUT2D eigenvalue weighted by Crippen LogP contribution is 2.27. The van der Waals surface area contributed by atoms with Crippen LogP contribution in [0, 0.1) is 5.82 Å². The molecule has 3 aromatic carbocycles. The lowest BCUT2D eigenvalue weighted by atomic mass is 10.1. The number of carbonyl (C=O) groups excluding carboxylic acids is 1. The van der Waals surface area contributed by atoms with Crippen LogP contribution < -0.4 is 9.62 Å². The molecular weight excluding hydrogens is 403 g/mol. The second-order valence-electron chi connectivity index (χ2n) is 6.71. The molecule has 0 fully saturated rings. The van der Waals surface area contributed by atoms with Gasteiger partial charge in [0.25, 0.3) is 10.0 Å². The molecule has 0 radical (unpaired) electrons. The summed E-state index contributed by atoms with van der Waals surface area (Å²) in [6.07, 6.45) is 0.619. The smallest absolute Gasteiger partial charge is 0.264 e. The highest BCUT2D eigenvalue weighted by atomic mass is 32.2. The number of nitrogens with one attached hydrogen (secondary N) is 1. The molecule has 1 amide bonds.